The number of rotatable bonds is 1. The Hall–Kier alpha value is -1.78. The van der Waals surface area contributed by atoms with Crippen LogP contribution in [0.3, 0.4) is 0 Å². The van der Waals surface area contributed by atoms with E-state index in [1.165, 1.54) is 12.1 Å². The Balaban J connectivity index is 2.55. The zero-order chi connectivity index (χ0) is 9.42. The van der Waals surface area contributed by atoms with Gasteiger partial charge in [-0.1, -0.05) is 0 Å². The van der Waals surface area contributed by atoms with Crippen molar-refractivity contribution in [1.82, 2.24) is 0 Å². The van der Waals surface area contributed by atoms with Crippen molar-refractivity contribution in [3.63, 3.8) is 0 Å². The number of benzene rings is 1. The van der Waals surface area contributed by atoms with E-state index in [0.717, 1.165) is 0 Å². The standard InChI is InChI=1S/C8H5NO4/c1-5-2-7-8(13-4-12-7)3-6(5)9(10)11/h1-3H,4H2. The topological polar surface area (TPSA) is 61.6 Å². The van der Waals surface area contributed by atoms with Crippen LogP contribution >= 0.6 is 0 Å². The molecule has 1 heterocycles. The Labute approximate surface area is 74.0 Å². The molecule has 0 fully saturated rings. The Morgan fingerprint density at radius 1 is 1.38 bits per heavy atom. The molecule has 0 saturated heterocycles. The molecule has 13 heavy (non-hydrogen) atoms. The minimum absolute atomic E-state index is 0.0780. The second kappa shape index (κ2) is 2.62. The van der Waals surface area contributed by atoms with Gasteiger partial charge in [-0.05, 0) is 6.07 Å². The first-order valence-electron chi connectivity index (χ1n) is 3.52. The van der Waals surface area contributed by atoms with Crippen molar-refractivity contribution in [3.8, 4) is 11.5 Å². The molecule has 2 radical (unpaired) electrons. The van der Waals surface area contributed by atoms with Crippen LogP contribution in [0.4, 0.5) is 5.69 Å². The number of hydrogen-bond acceptors (Lipinski definition) is 4. The summed E-state index contributed by atoms with van der Waals surface area (Å²) in [6, 6.07) is 2.65. The van der Waals surface area contributed by atoms with Crippen molar-refractivity contribution in [3.05, 3.63) is 34.7 Å². The van der Waals surface area contributed by atoms with E-state index in [9.17, 15) is 10.1 Å². The quantitative estimate of drug-likeness (QED) is 0.482. The van der Waals surface area contributed by atoms with Crippen LogP contribution in [0.25, 0.3) is 0 Å². The smallest absolute Gasteiger partial charge is 0.276 e. The highest BCUT2D eigenvalue weighted by molar-refractivity contribution is 5.56. The van der Waals surface area contributed by atoms with Crippen LogP contribution in [-0.2, 0) is 0 Å². The highest BCUT2D eigenvalue weighted by Gasteiger charge is 2.20. The summed E-state index contributed by atoms with van der Waals surface area (Å²) in [6.45, 7) is 5.50. The predicted octanol–water partition coefficient (Wildman–Crippen LogP) is 1.38. The lowest BCUT2D eigenvalue weighted by Gasteiger charge is -1.98. The van der Waals surface area contributed by atoms with E-state index in [0.29, 0.717) is 11.5 Å². The molecule has 0 aliphatic carbocycles. The second-order valence-corrected chi connectivity index (χ2v) is 2.52. The van der Waals surface area contributed by atoms with E-state index in [-0.39, 0.29) is 18.0 Å². The largest absolute Gasteiger partial charge is 0.454 e. The molecule has 2 rings (SSSR count). The molecular weight excluding hydrogens is 174 g/mol. The van der Waals surface area contributed by atoms with Crippen molar-refractivity contribution < 1.29 is 14.4 Å². The SMILES string of the molecule is [CH]c1cc2c(cc1[N+](=O)[O-])OCO2. The van der Waals surface area contributed by atoms with Gasteiger partial charge in [0, 0.05) is 12.5 Å². The van der Waals surface area contributed by atoms with E-state index >= 15 is 0 Å². The first kappa shape index (κ1) is 7.85. The summed E-state index contributed by atoms with van der Waals surface area (Å²) in [6.07, 6.45) is 0. The molecule has 1 aromatic carbocycles. The van der Waals surface area contributed by atoms with Gasteiger partial charge in [0.15, 0.2) is 11.5 Å². The normalized spacial score (nSPS) is 13.0. The first-order valence-corrected chi connectivity index (χ1v) is 3.52. The Morgan fingerprint density at radius 2 is 2.00 bits per heavy atom. The third-order valence-electron chi connectivity index (χ3n) is 1.72. The van der Waals surface area contributed by atoms with E-state index in [2.05, 4.69) is 0 Å². The van der Waals surface area contributed by atoms with Gasteiger partial charge in [-0.3, -0.25) is 10.1 Å². The Kier molecular flexibility index (Phi) is 1.58. The molecule has 0 aromatic heterocycles. The molecular formula is C8H5NO4. The van der Waals surface area contributed by atoms with Crippen molar-refractivity contribution in [1.29, 1.82) is 0 Å². The summed E-state index contributed by atoms with van der Waals surface area (Å²) >= 11 is 0. The van der Waals surface area contributed by atoms with E-state index < -0.39 is 4.92 Å². The van der Waals surface area contributed by atoms with Crippen LogP contribution in [-0.4, -0.2) is 11.7 Å². The van der Waals surface area contributed by atoms with Gasteiger partial charge < -0.3 is 9.47 Å². The highest BCUT2D eigenvalue weighted by Crippen LogP contribution is 2.37. The van der Waals surface area contributed by atoms with Gasteiger partial charge in [0.2, 0.25) is 6.79 Å². The van der Waals surface area contributed by atoms with Gasteiger partial charge in [0.1, 0.15) is 0 Å². The Morgan fingerprint density at radius 3 is 2.62 bits per heavy atom. The second-order valence-electron chi connectivity index (χ2n) is 2.52. The third kappa shape index (κ3) is 1.18. The van der Waals surface area contributed by atoms with E-state index in [1.807, 2.05) is 0 Å². The van der Waals surface area contributed by atoms with Crippen molar-refractivity contribution in [2.24, 2.45) is 0 Å². The van der Waals surface area contributed by atoms with Crippen LogP contribution < -0.4 is 9.47 Å². The number of hydrogen-bond donors (Lipinski definition) is 0. The lowest BCUT2D eigenvalue weighted by molar-refractivity contribution is -0.385. The van der Waals surface area contributed by atoms with Gasteiger partial charge in [0.05, 0.1) is 11.0 Å². The molecule has 0 N–H and O–H groups in total. The maximum atomic E-state index is 10.5. The van der Waals surface area contributed by atoms with Crippen LogP contribution in [0.5, 0.6) is 11.5 Å². The molecule has 1 aliphatic rings. The predicted molar refractivity (Wildman–Crippen MR) is 42.6 cm³/mol. The molecule has 1 aromatic rings. The lowest BCUT2D eigenvalue weighted by Crippen LogP contribution is -1.93. The molecule has 0 atom stereocenters. The number of fused-ring (bicyclic) bond motifs is 1. The molecule has 0 bridgehead atoms. The molecule has 0 amide bonds. The maximum Gasteiger partial charge on any atom is 0.276 e. The summed E-state index contributed by atoms with van der Waals surface area (Å²) in [7, 11) is 0. The monoisotopic (exact) mass is 179 g/mol. The fraction of sp³-hybridized carbons (Fsp3) is 0.125. The maximum absolute atomic E-state index is 10.5. The van der Waals surface area contributed by atoms with Crippen molar-refractivity contribution in [2.45, 2.75) is 0 Å². The average Bonchev–Trinajstić information content (AvgIpc) is 2.48. The zero-order valence-electron chi connectivity index (χ0n) is 6.52. The average molecular weight is 179 g/mol. The minimum atomic E-state index is -0.558. The number of nitro benzene ring substituents is 1. The lowest BCUT2D eigenvalue weighted by atomic mass is 10.2. The zero-order valence-corrected chi connectivity index (χ0v) is 6.52. The minimum Gasteiger partial charge on any atom is -0.454 e. The molecule has 66 valence electrons. The first-order chi connectivity index (χ1) is 6.18. The third-order valence-corrected chi connectivity index (χ3v) is 1.72. The Bertz CT molecular complexity index is 375. The summed E-state index contributed by atoms with van der Waals surface area (Å²) in [4.78, 5) is 9.89. The summed E-state index contributed by atoms with van der Waals surface area (Å²) < 4.78 is 9.95. The number of nitro groups is 1. The fourth-order valence-corrected chi connectivity index (χ4v) is 1.11. The van der Waals surface area contributed by atoms with Crippen LogP contribution in [0.1, 0.15) is 5.56 Å². The molecule has 1 aliphatic heterocycles. The number of nitrogens with zero attached hydrogens (tertiary/aromatic N) is 1. The van der Waals surface area contributed by atoms with Crippen molar-refractivity contribution >= 4 is 5.69 Å². The molecule has 0 saturated carbocycles. The van der Waals surface area contributed by atoms with Gasteiger partial charge in [-0.15, -0.1) is 0 Å². The van der Waals surface area contributed by atoms with Crippen LogP contribution in [0.15, 0.2) is 12.1 Å². The summed E-state index contributed by atoms with van der Waals surface area (Å²) in [5.74, 6) is 0.809. The van der Waals surface area contributed by atoms with Crippen LogP contribution in [0, 0.1) is 17.0 Å². The van der Waals surface area contributed by atoms with E-state index in [4.69, 9.17) is 16.4 Å². The summed E-state index contributed by atoms with van der Waals surface area (Å²) in [5.41, 5.74) is -0.0847. The van der Waals surface area contributed by atoms with Gasteiger partial charge >= 0.3 is 0 Å². The van der Waals surface area contributed by atoms with Gasteiger partial charge in [-0.2, -0.15) is 0 Å². The van der Waals surface area contributed by atoms with Gasteiger partial charge in [-0.25, -0.2) is 0 Å². The molecule has 0 spiro atoms. The van der Waals surface area contributed by atoms with Gasteiger partial charge in [0.25, 0.3) is 5.69 Å². The fourth-order valence-electron chi connectivity index (χ4n) is 1.11. The van der Waals surface area contributed by atoms with Crippen molar-refractivity contribution in [2.75, 3.05) is 6.79 Å². The number of ether oxygens (including phenoxy) is 2. The highest BCUT2D eigenvalue weighted by atomic mass is 16.7. The molecule has 0 unspecified atom stereocenters. The summed E-state index contributed by atoms with van der Waals surface area (Å²) in [5, 5.41) is 10.5. The van der Waals surface area contributed by atoms with E-state index in [1.54, 1.807) is 0 Å². The molecule has 5 nitrogen and oxygen atoms in total. The molecule has 5 heteroatoms. The van der Waals surface area contributed by atoms with Crippen LogP contribution in [0.2, 0.25) is 0 Å².